The Labute approximate surface area is 105 Å². The number of nitrogens with one attached hydrogen (secondary N) is 1. The number of rotatable bonds is 4. The predicted molar refractivity (Wildman–Crippen MR) is 61.7 cm³/mol. The molecule has 0 aromatic rings. The molecule has 1 rings (SSSR count). The Bertz CT molecular complexity index is 287. The molecular formula is C11H21NO6. The molecule has 1 saturated heterocycles. The first-order valence-electron chi connectivity index (χ1n) is 6.00. The van der Waals surface area contributed by atoms with Gasteiger partial charge in [0.25, 0.3) is 0 Å². The summed E-state index contributed by atoms with van der Waals surface area (Å²) in [5.74, 6) is -0.398. The predicted octanol–water partition coefficient (Wildman–Crippen LogP) is -2.26. The first-order valence-corrected chi connectivity index (χ1v) is 6.00. The molecule has 0 spiro atoms. The van der Waals surface area contributed by atoms with E-state index in [1.54, 1.807) is 6.92 Å². The number of hydrogen-bond acceptors (Lipinski definition) is 6. The van der Waals surface area contributed by atoms with Gasteiger partial charge in [-0.25, -0.2) is 0 Å². The van der Waals surface area contributed by atoms with E-state index in [2.05, 4.69) is 5.32 Å². The van der Waals surface area contributed by atoms with Crippen molar-refractivity contribution in [3.8, 4) is 0 Å². The largest absolute Gasteiger partial charge is 0.394 e. The van der Waals surface area contributed by atoms with Gasteiger partial charge in [-0.2, -0.15) is 0 Å². The Morgan fingerprint density at radius 2 is 2.00 bits per heavy atom. The molecule has 6 atom stereocenters. The van der Waals surface area contributed by atoms with E-state index < -0.39 is 49.1 Å². The van der Waals surface area contributed by atoms with Gasteiger partial charge in [0.05, 0.1) is 18.8 Å². The topological polar surface area (TPSA) is 119 Å². The highest BCUT2D eigenvalue weighted by molar-refractivity contribution is 5.73. The standard InChI is InChI=1S/C11H21NO6/c1-3-6(15)11-8(12-5(2)14)10(17)9(16)7(4-13)18-11/h6-11,13,15-17H,3-4H2,1-2H3,(H,12,14)/t6?,7-,8-,9+,10-,11-/m1/s1. The number of ether oxygens (including phenoxy) is 1. The number of amides is 1. The van der Waals surface area contributed by atoms with Crippen LogP contribution in [0.2, 0.25) is 0 Å². The van der Waals surface area contributed by atoms with Crippen molar-refractivity contribution in [3.05, 3.63) is 0 Å². The van der Waals surface area contributed by atoms with Crippen molar-refractivity contribution in [1.29, 1.82) is 0 Å². The van der Waals surface area contributed by atoms with Crippen molar-refractivity contribution in [2.75, 3.05) is 6.61 Å². The fourth-order valence-electron chi connectivity index (χ4n) is 2.11. The first-order chi connectivity index (χ1) is 8.42. The molecule has 0 radical (unpaired) electrons. The van der Waals surface area contributed by atoms with Crippen LogP contribution in [-0.4, -0.2) is 69.5 Å². The molecule has 0 saturated carbocycles. The van der Waals surface area contributed by atoms with E-state index in [0.717, 1.165) is 0 Å². The van der Waals surface area contributed by atoms with Crippen LogP contribution < -0.4 is 5.32 Å². The van der Waals surface area contributed by atoms with Crippen LogP contribution in [0.1, 0.15) is 20.3 Å². The van der Waals surface area contributed by atoms with Crippen molar-refractivity contribution >= 4 is 5.91 Å². The maximum Gasteiger partial charge on any atom is 0.217 e. The Morgan fingerprint density at radius 1 is 1.39 bits per heavy atom. The van der Waals surface area contributed by atoms with E-state index >= 15 is 0 Å². The fraction of sp³-hybridized carbons (Fsp3) is 0.909. The van der Waals surface area contributed by atoms with Crippen LogP contribution in [0.3, 0.4) is 0 Å². The minimum Gasteiger partial charge on any atom is -0.394 e. The van der Waals surface area contributed by atoms with Crippen molar-refractivity contribution in [3.63, 3.8) is 0 Å². The summed E-state index contributed by atoms with van der Waals surface area (Å²) in [5.41, 5.74) is 0. The molecular weight excluding hydrogens is 242 g/mol. The van der Waals surface area contributed by atoms with Crippen molar-refractivity contribution in [1.82, 2.24) is 5.32 Å². The Kier molecular flexibility index (Phi) is 5.48. The SMILES string of the molecule is CCC(O)[C@H]1O[C@H](CO)[C@H](O)[C@H](O)[C@H]1NC(C)=O. The summed E-state index contributed by atoms with van der Waals surface area (Å²) in [6, 6.07) is -0.907. The zero-order chi connectivity index (χ0) is 13.9. The highest BCUT2D eigenvalue weighted by atomic mass is 16.5. The third-order valence-electron chi connectivity index (χ3n) is 3.13. The summed E-state index contributed by atoms with van der Waals surface area (Å²) >= 11 is 0. The van der Waals surface area contributed by atoms with E-state index in [-0.39, 0.29) is 0 Å². The second-order valence-corrected chi connectivity index (χ2v) is 4.50. The van der Waals surface area contributed by atoms with Gasteiger partial charge in [0, 0.05) is 6.92 Å². The molecule has 1 amide bonds. The van der Waals surface area contributed by atoms with E-state index in [0.29, 0.717) is 6.42 Å². The van der Waals surface area contributed by atoms with Gasteiger partial charge in [-0.3, -0.25) is 4.79 Å². The van der Waals surface area contributed by atoms with E-state index in [1.165, 1.54) is 6.92 Å². The van der Waals surface area contributed by atoms with Gasteiger partial charge in [0.1, 0.15) is 24.4 Å². The summed E-state index contributed by atoms with van der Waals surface area (Å²) in [6.45, 7) is 2.52. The van der Waals surface area contributed by atoms with Gasteiger partial charge < -0.3 is 30.5 Å². The van der Waals surface area contributed by atoms with Crippen molar-refractivity contribution < 1.29 is 30.0 Å². The summed E-state index contributed by atoms with van der Waals surface area (Å²) in [5, 5.41) is 41.0. The minimum atomic E-state index is -1.31. The number of aliphatic hydroxyl groups is 4. The summed E-state index contributed by atoms with van der Waals surface area (Å²) in [7, 11) is 0. The fourth-order valence-corrected chi connectivity index (χ4v) is 2.11. The maximum absolute atomic E-state index is 11.1. The normalized spacial score (nSPS) is 38.2. The van der Waals surface area contributed by atoms with Crippen LogP contribution in [0.25, 0.3) is 0 Å². The molecule has 18 heavy (non-hydrogen) atoms. The van der Waals surface area contributed by atoms with E-state index in [4.69, 9.17) is 9.84 Å². The van der Waals surface area contributed by atoms with Crippen LogP contribution in [0, 0.1) is 0 Å². The third-order valence-corrected chi connectivity index (χ3v) is 3.13. The molecule has 0 aromatic carbocycles. The van der Waals surface area contributed by atoms with Gasteiger partial charge >= 0.3 is 0 Å². The Balaban J connectivity index is 2.90. The van der Waals surface area contributed by atoms with Crippen LogP contribution in [0.15, 0.2) is 0 Å². The van der Waals surface area contributed by atoms with Crippen LogP contribution in [0.5, 0.6) is 0 Å². The molecule has 7 nitrogen and oxygen atoms in total. The third kappa shape index (κ3) is 3.18. The number of carbonyl (C=O) groups excluding carboxylic acids is 1. The van der Waals surface area contributed by atoms with Crippen LogP contribution in [-0.2, 0) is 9.53 Å². The van der Waals surface area contributed by atoms with Crippen molar-refractivity contribution in [2.45, 2.75) is 56.8 Å². The molecule has 0 aliphatic carbocycles. The molecule has 1 aliphatic rings. The molecule has 1 aliphatic heterocycles. The number of hydrogen-bond donors (Lipinski definition) is 5. The van der Waals surface area contributed by atoms with E-state index in [1.807, 2.05) is 0 Å². The summed E-state index contributed by atoms with van der Waals surface area (Å²) in [4.78, 5) is 11.1. The minimum absolute atomic E-state index is 0.363. The Hall–Kier alpha value is -0.730. The van der Waals surface area contributed by atoms with Gasteiger partial charge in [0.15, 0.2) is 0 Å². The second kappa shape index (κ2) is 6.44. The lowest BCUT2D eigenvalue weighted by molar-refractivity contribution is -0.216. The average Bonchev–Trinajstić information content (AvgIpc) is 2.34. The van der Waals surface area contributed by atoms with Gasteiger partial charge in [-0.1, -0.05) is 6.92 Å². The molecule has 0 aromatic heterocycles. The van der Waals surface area contributed by atoms with Gasteiger partial charge in [0.2, 0.25) is 5.91 Å². The smallest absolute Gasteiger partial charge is 0.217 e. The zero-order valence-corrected chi connectivity index (χ0v) is 10.5. The number of carbonyl (C=O) groups is 1. The first kappa shape index (κ1) is 15.3. The summed E-state index contributed by atoms with van der Waals surface area (Å²) < 4.78 is 5.36. The monoisotopic (exact) mass is 263 g/mol. The average molecular weight is 263 g/mol. The molecule has 5 N–H and O–H groups in total. The Morgan fingerprint density at radius 3 is 2.44 bits per heavy atom. The summed E-state index contributed by atoms with van der Waals surface area (Å²) in [6.07, 6.45) is -5.00. The second-order valence-electron chi connectivity index (χ2n) is 4.50. The highest BCUT2D eigenvalue weighted by Crippen LogP contribution is 2.24. The molecule has 1 fully saturated rings. The lowest BCUT2D eigenvalue weighted by Gasteiger charge is -2.44. The highest BCUT2D eigenvalue weighted by Gasteiger charge is 2.46. The molecule has 7 heteroatoms. The molecule has 1 unspecified atom stereocenters. The van der Waals surface area contributed by atoms with E-state index in [9.17, 15) is 20.1 Å². The molecule has 106 valence electrons. The van der Waals surface area contributed by atoms with Crippen LogP contribution in [0.4, 0.5) is 0 Å². The quantitative estimate of drug-likeness (QED) is 0.391. The van der Waals surface area contributed by atoms with Gasteiger partial charge in [-0.15, -0.1) is 0 Å². The van der Waals surface area contributed by atoms with Crippen LogP contribution >= 0.6 is 0 Å². The number of aliphatic hydroxyl groups excluding tert-OH is 4. The lowest BCUT2D eigenvalue weighted by Crippen LogP contribution is -2.66. The maximum atomic E-state index is 11.1. The molecule has 1 heterocycles. The zero-order valence-electron chi connectivity index (χ0n) is 10.5. The molecule has 0 bridgehead atoms. The van der Waals surface area contributed by atoms with Crippen molar-refractivity contribution in [2.24, 2.45) is 0 Å². The van der Waals surface area contributed by atoms with Gasteiger partial charge in [-0.05, 0) is 6.42 Å². The lowest BCUT2D eigenvalue weighted by atomic mass is 9.89.